The number of H-pyrrole nitrogens is 1. The molecule has 0 saturated carbocycles. The molecule has 0 bridgehead atoms. The molecule has 1 heterocycles. The van der Waals surface area contributed by atoms with Gasteiger partial charge in [0.05, 0.1) is 23.2 Å². The summed E-state index contributed by atoms with van der Waals surface area (Å²) < 4.78 is 5.50. The van der Waals surface area contributed by atoms with Gasteiger partial charge in [-0.25, -0.2) is 4.98 Å². The van der Waals surface area contributed by atoms with Gasteiger partial charge in [0.15, 0.2) is 5.16 Å². The lowest BCUT2D eigenvalue weighted by Crippen LogP contribution is -2.24. The monoisotopic (exact) mass is 372 g/mol. The molecule has 1 aromatic carbocycles. The van der Waals surface area contributed by atoms with Crippen LogP contribution in [0.15, 0.2) is 34.2 Å². The van der Waals surface area contributed by atoms with Crippen molar-refractivity contribution in [3.05, 3.63) is 45.9 Å². The van der Waals surface area contributed by atoms with Gasteiger partial charge in [0.1, 0.15) is 17.4 Å². The normalized spacial score (nSPS) is 11.5. The first-order valence-electron chi connectivity index (χ1n) is 8.22. The summed E-state index contributed by atoms with van der Waals surface area (Å²) >= 11 is 1.12. The van der Waals surface area contributed by atoms with Crippen LogP contribution in [-0.2, 0) is 11.2 Å². The van der Waals surface area contributed by atoms with Crippen LogP contribution in [0.25, 0.3) is 0 Å². The molecule has 1 amide bonds. The van der Waals surface area contributed by atoms with Crippen LogP contribution in [0.3, 0.4) is 0 Å². The minimum absolute atomic E-state index is 0.0135. The largest absolute Gasteiger partial charge is 0.492 e. The molecule has 2 aromatic rings. The van der Waals surface area contributed by atoms with Crippen LogP contribution >= 0.6 is 11.8 Å². The van der Waals surface area contributed by atoms with E-state index in [4.69, 9.17) is 10.00 Å². The van der Waals surface area contributed by atoms with Crippen molar-refractivity contribution < 1.29 is 9.53 Å². The van der Waals surface area contributed by atoms with E-state index in [1.807, 2.05) is 32.0 Å². The molecule has 0 spiro atoms. The second-order valence-electron chi connectivity index (χ2n) is 5.34. The van der Waals surface area contributed by atoms with E-state index in [1.54, 1.807) is 19.1 Å². The Hall–Kier alpha value is -2.79. The van der Waals surface area contributed by atoms with Crippen molar-refractivity contribution in [3.63, 3.8) is 0 Å². The number of benzene rings is 1. The molecule has 0 aliphatic heterocycles. The van der Waals surface area contributed by atoms with Crippen LogP contribution in [0.5, 0.6) is 5.75 Å². The second kappa shape index (κ2) is 9.06. The van der Waals surface area contributed by atoms with E-state index < -0.39 is 10.8 Å². The summed E-state index contributed by atoms with van der Waals surface area (Å²) in [7, 11) is 0. The van der Waals surface area contributed by atoms with Crippen molar-refractivity contribution >= 4 is 23.4 Å². The van der Waals surface area contributed by atoms with Crippen molar-refractivity contribution in [2.45, 2.75) is 37.6 Å². The maximum absolute atomic E-state index is 12.5. The van der Waals surface area contributed by atoms with Gasteiger partial charge < -0.3 is 15.0 Å². The highest BCUT2D eigenvalue weighted by molar-refractivity contribution is 8.00. The van der Waals surface area contributed by atoms with Crippen molar-refractivity contribution in [3.8, 4) is 11.8 Å². The number of hydrogen-bond donors (Lipinski definition) is 2. The number of ether oxygens (including phenoxy) is 1. The SMILES string of the molecule is CCOc1ccccc1NC(=O)[C@@H](C)Sc1nc(CC)c(C#N)c(=O)[nH]1. The molecular formula is C18H20N4O3S. The number of aryl methyl sites for hydroxylation is 1. The molecule has 0 aliphatic carbocycles. The Morgan fingerprint density at radius 3 is 2.81 bits per heavy atom. The van der Waals surface area contributed by atoms with Crippen LogP contribution in [0.4, 0.5) is 5.69 Å². The number of nitrogens with zero attached hydrogens (tertiary/aromatic N) is 2. The topological polar surface area (TPSA) is 108 Å². The molecule has 2 rings (SSSR count). The van der Waals surface area contributed by atoms with Gasteiger partial charge in [-0.15, -0.1) is 0 Å². The number of carbonyl (C=O) groups excluding carboxylic acids is 1. The third-order valence-corrected chi connectivity index (χ3v) is 4.51. The molecule has 2 N–H and O–H groups in total. The maximum Gasteiger partial charge on any atom is 0.269 e. The Kier molecular flexibility index (Phi) is 6.81. The molecule has 0 radical (unpaired) electrons. The number of amides is 1. The lowest BCUT2D eigenvalue weighted by atomic mass is 10.2. The first kappa shape index (κ1) is 19.5. The zero-order valence-corrected chi connectivity index (χ0v) is 15.6. The van der Waals surface area contributed by atoms with Crippen molar-refractivity contribution in [2.24, 2.45) is 0 Å². The van der Waals surface area contributed by atoms with Gasteiger partial charge in [0.25, 0.3) is 5.56 Å². The Bertz CT molecular complexity index is 889. The molecule has 0 unspecified atom stereocenters. The Labute approximate surface area is 155 Å². The Morgan fingerprint density at radius 1 is 1.42 bits per heavy atom. The summed E-state index contributed by atoms with van der Waals surface area (Å²) in [6.45, 7) is 5.90. The van der Waals surface area contributed by atoms with Crippen LogP contribution in [0, 0.1) is 11.3 Å². The highest BCUT2D eigenvalue weighted by atomic mass is 32.2. The fourth-order valence-corrected chi connectivity index (χ4v) is 3.05. The molecule has 26 heavy (non-hydrogen) atoms. The summed E-state index contributed by atoms with van der Waals surface area (Å²) in [6, 6.07) is 9.04. The van der Waals surface area contributed by atoms with E-state index in [-0.39, 0.29) is 11.5 Å². The number of nitrogens with one attached hydrogen (secondary N) is 2. The quantitative estimate of drug-likeness (QED) is 0.571. The average Bonchev–Trinajstić information content (AvgIpc) is 2.62. The number of anilines is 1. The number of aromatic nitrogens is 2. The molecule has 7 nitrogen and oxygen atoms in total. The molecule has 8 heteroatoms. The molecule has 1 atom stereocenters. The number of carbonyl (C=O) groups is 1. The maximum atomic E-state index is 12.5. The van der Waals surface area contributed by atoms with Gasteiger partial charge in [-0.2, -0.15) is 5.26 Å². The second-order valence-corrected chi connectivity index (χ2v) is 6.67. The van der Waals surface area contributed by atoms with E-state index in [2.05, 4.69) is 15.3 Å². The predicted molar refractivity (Wildman–Crippen MR) is 101 cm³/mol. The Balaban J connectivity index is 2.14. The standard InChI is InChI=1S/C18H20N4O3S/c1-4-13-12(10-19)17(24)22-18(21-13)26-11(3)16(23)20-14-8-6-7-9-15(14)25-5-2/h6-9,11H,4-5H2,1-3H3,(H,20,23)(H,21,22,24)/t11-/m1/s1. The first-order chi connectivity index (χ1) is 12.5. The smallest absolute Gasteiger partial charge is 0.269 e. The van der Waals surface area contributed by atoms with E-state index in [0.717, 1.165) is 11.8 Å². The summed E-state index contributed by atoms with van der Waals surface area (Å²) in [5.74, 6) is 0.353. The third kappa shape index (κ3) is 4.64. The van der Waals surface area contributed by atoms with E-state index in [0.29, 0.717) is 35.3 Å². The molecule has 0 fully saturated rings. The third-order valence-electron chi connectivity index (χ3n) is 3.52. The van der Waals surface area contributed by atoms with Crippen LogP contribution in [0.1, 0.15) is 32.0 Å². The van der Waals surface area contributed by atoms with Gasteiger partial charge in [0, 0.05) is 0 Å². The fourth-order valence-electron chi connectivity index (χ4n) is 2.23. The number of thioether (sulfide) groups is 1. The zero-order valence-electron chi connectivity index (χ0n) is 14.8. The lowest BCUT2D eigenvalue weighted by Gasteiger charge is -2.14. The van der Waals surface area contributed by atoms with E-state index >= 15 is 0 Å². The predicted octanol–water partition coefficient (Wildman–Crippen LogP) is 2.72. The minimum atomic E-state index is -0.509. The summed E-state index contributed by atoms with van der Waals surface area (Å²) in [4.78, 5) is 31.3. The first-order valence-corrected chi connectivity index (χ1v) is 9.10. The summed E-state index contributed by atoms with van der Waals surface area (Å²) in [6.07, 6.45) is 0.461. The molecule has 136 valence electrons. The summed E-state index contributed by atoms with van der Waals surface area (Å²) in [5, 5.41) is 11.7. The number of nitriles is 1. The van der Waals surface area contributed by atoms with Crippen molar-refractivity contribution in [1.29, 1.82) is 5.26 Å². The molecule has 0 saturated heterocycles. The number of aromatic amines is 1. The van der Waals surface area contributed by atoms with Gasteiger partial charge in [-0.1, -0.05) is 30.8 Å². The highest BCUT2D eigenvalue weighted by Gasteiger charge is 2.19. The van der Waals surface area contributed by atoms with Gasteiger partial charge in [0.2, 0.25) is 5.91 Å². The van der Waals surface area contributed by atoms with Crippen molar-refractivity contribution in [1.82, 2.24) is 9.97 Å². The van der Waals surface area contributed by atoms with Crippen LogP contribution in [0.2, 0.25) is 0 Å². The number of hydrogen-bond acceptors (Lipinski definition) is 6. The fraction of sp³-hybridized carbons (Fsp3) is 0.333. The number of rotatable bonds is 7. The average molecular weight is 372 g/mol. The number of para-hydroxylation sites is 2. The highest BCUT2D eigenvalue weighted by Crippen LogP contribution is 2.26. The zero-order chi connectivity index (χ0) is 19.1. The summed E-state index contributed by atoms with van der Waals surface area (Å²) in [5.41, 5.74) is 0.533. The van der Waals surface area contributed by atoms with E-state index in [9.17, 15) is 9.59 Å². The van der Waals surface area contributed by atoms with Crippen molar-refractivity contribution in [2.75, 3.05) is 11.9 Å². The van der Waals surface area contributed by atoms with Gasteiger partial charge in [-0.05, 0) is 32.4 Å². The minimum Gasteiger partial charge on any atom is -0.492 e. The van der Waals surface area contributed by atoms with E-state index in [1.165, 1.54) is 0 Å². The molecule has 0 aliphatic rings. The van der Waals surface area contributed by atoms with Gasteiger partial charge in [-0.3, -0.25) is 9.59 Å². The van der Waals surface area contributed by atoms with Crippen LogP contribution in [-0.4, -0.2) is 27.7 Å². The molecule has 1 aromatic heterocycles. The van der Waals surface area contributed by atoms with Crippen LogP contribution < -0.4 is 15.6 Å². The Morgan fingerprint density at radius 2 is 2.15 bits per heavy atom. The molecular weight excluding hydrogens is 352 g/mol. The lowest BCUT2D eigenvalue weighted by molar-refractivity contribution is -0.115. The van der Waals surface area contributed by atoms with Gasteiger partial charge >= 0.3 is 0 Å².